The summed E-state index contributed by atoms with van der Waals surface area (Å²) in [5.41, 5.74) is 22.6. The molecular formula is C76H50N4. The average molecular weight is 1020 g/mol. The molecule has 374 valence electrons. The Morgan fingerprint density at radius 2 is 0.525 bits per heavy atom. The van der Waals surface area contributed by atoms with Gasteiger partial charge in [0, 0.05) is 49.4 Å². The van der Waals surface area contributed by atoms with E-state index in [1.165, 1.54) is 44.2 Å². The van der Waals surface area contributed by atoms with E-state index in [9.17, 15) is 0 Å². The van der Waals surface area contributed by atoms with Gasteiger partial charge in [-0.1, -0.05) is 237 Å². The summed E-state index contributed by atoms with van der Waals surface area (Å²) in [6.45, 7) is 0. The first-order valence-electron chi connectivity index (χ1n) is 27.3. The van der Waals surface area contributed by atoms with Crippen LogP contribution in [0.2, 0.25) is 0 Å². The SMILES string of the molecule is c1ccc(-c2ccc3c(c2)c2cc(-c4ccccc4)ccc2n3-c2ccccc2-c2cccc(-c3nc(-c4ccccc4)cc(-c4ccccc4)n3)c2-n2c3ccc(-c4ccccc4)cc3c3cc(-c4ccccc4)ccc32)cc1. The lowest BCUT2D eigenvalue weighted by molar-refractivity contribution is 1.13. The van der Waals surface area contributed by atoms with Gasteiger partial charge in [-0.2, -0.15) is 0 Å². The Labute approximate surface area is 464 Å². The highest BCUT2D eigenvalue weighted by atomic mass is 15.0. The molecule has 12 aromatic carbocycles. The summed E-state index contributed by atoms with van der Waals surface area (Å²) in [5, 5.41) is 4.69. The van der Waals surface area contributed by atoms with Gasteiger partial charge in [0.15, 0.2) is 5.82 Å². The van der Waals surface area contributed by atoms with Crippen molar-refractivity contribution in [3.8, 4) is 101 Å². The minimum Gasteiger partial charge on any atom is -0.309 e. The van der Waals surface area contributed by atoms with Crippen molar-refractivity contribution in [1.29, 1.82) is 0 Å². The van der Waals surface area contributed by atoms with E-state index in [1.54, 1.807) is 0 Å². The highest BCUT2D eigenvalue weighted by molar-refractivity contribution is 6.14. The van der Waals surface area contributed by atoms with E-state index >= 15 is 0 Å². The first-order chi connectivity index (χ1) is 39.7. The zero-order valence-electron chi connectivity index (χ0n) is 43.7. The fraction of sp³-hybridized carbons (Fsp3) is 0. The van der Waals surface area contributed by atoms with E-state index in [0.717, 1.165) is 94.5 Å². The number of fused-ring (bicyclic) bond motifs is 6. The van der Waals surface area contributed by atoms with Crippen molar-refractivity contribution in [3.05, 3.63) is 303 Å². The number of rotatable bonds is 10. The van der Waals surface area contributed by atoms with Gasteiger partial charge < -0.3 is 9.13 Å². The summed E-state index contributed by atoms with van der Waals surface area (Å²) in [5.74, 6) is 0.634. The van der Waals surface area contributed by atoms with Crippen LogP contribution in [0.15, 0.2) is 303 Å². The number of aromatic nitrogens is 4. The highest BCUT2D eigenvalue weighted by Crippen LogP contribution is 2.46. The smallest absolute Gasteiger partial charge is 0.162 e. The lowest BCUT2D eigenvalue weighted by Gasteiger charge is -2.21. The second-order valence-corrected chi connectivity index (χ2v) is 20.5. The fourth-order valence-corrected chi connectivity index (χ4v) is 11.9. The van der Waals surface area contributed by atoms with Crippen molar-refractivity contribution in [3.63, 3.8) is 0 Å². The Hall–Kier alpha value is -10.7. The molecule has 15 aromatic rings. The first kappa shape index (κ1) is 46.6. The number of hydrogen-bond acceptors (Lipinski definition) is 2. The molecule has 4 heteroatoms. The number of para-hydroxylation sites is 2. The minimum atomic E-state index is 0.634. The molecule has 0 unspecified atom stereocenters. The van der Waals surface area contributed by atoms with E-state index < -0.39 is 0 Å². The predicted octanol–water partition coefficient (Wildman–Crippen LogP) is 20.0. The zero-order valence-corrected chi connectivity index (χ0v) is 43.7. The molecule has 0 fully saturated rings. The Balaban J connectivity index is 1.05. The standard InChI is InChI=1S/C76H50N4/c1-7-22-51(23-8-1)57-38-42-71-64(46-57)65-47-58(52-24-9-2-10-25-52)39-43-72(65)79(71)70-37-20-19-34-61(70)62-35-21-36-63(76-77-68(55-30-15-5-16-31-55)50-69(78-76)56-32-17-6-18-33-56)75(62)80-73-44-40-59(53-26-11-3-12-27-53)48-66(73)67-49-60(41-45-74(67)80)54-28-13-4-14-29-54/h1-50H. The van der Waals surface area contributed by atoms with Crippen LogP contribution in [-0.4, -0.2) is 19.1 Å². The highest BCUT2D eigenvalue weighted by Gasteiger charge is 2.26. The molecule has 0 amide bonds. The van der Waals surface area contributed by atoms with E-state index in [1.807, 2.05) is 0 Å². The molecule has 0 aliphatic rings. The first-order valence-corrected chi connectivity index (χ1v) is 27.3. The number of benzene rings is 12. The van der Waals surface area contributed by atoms with E-state index in [-0.39, 0.29) is 0 Å². The van der Waals surface area contributed by atoms with E-state index in [4.69, 9.17) is 9.97 Å². The fourth-order valence-electron chi connectivity index (χ4n) is 11.9. The lowest BCUT2D eigenvalue weighted by Crippen LogP contribution is -2.05. The van der Waals surface area contributed by atoms with E-state index in [2.05, 4.69) is 312 Å². The molecule has 0 saturated heterocycles. The van der Waals surface area contributed by atoms with Gasteiger partial charge in [0.2, 0.25) is 0 Å². The van der Waals surface area contributed by atoms with Crippen LogP contribution in [0.1, 0.15) is 0 Å². The molecule has 0 N–H and O–H groups in total. The third kappa shape index (κ3) is 8.17. The van der Waals surface area contributed by atoms with Gasteiger partial charge in [-0.25, -0.2) is 9.97 Å². The third-order valence-electron chi connectivity index (χ3n) is 15.8. The molecule has 4 nitrogen and oxygen atoms in total. The van der Waals surface area contributed by atoms with Gasteiger partial charge in [0.05, 0.1) is 44.8 Å². The monoisotopic (exact) mass is 1020 g/mol. The van der Waals surface area contributed by atoms with Gasteiger partial charge in [-0.3, -0.25) is 0 Å². The zero-order chi connectivity index (χ0) is 52.9. The van der Waals surface area contributed by atoms with Crippen molar-refractivity contribution in [2.45, 2.75) is 0 Å². The minimum absolute atomic E-state index is 0.634. The van der Waals surface area contributed by atoms with Crippen molar-refractivity contribution in [1.82, 2.24) is 19.1 Å². The normalized spacial score (nSPS) is 11.5. The molecule has 0 bridgehead atoms. The van der Waals surface area contributed by atoms with Crippen LogP contribution in [0.25, 0.3) is 145 Å². The molecule has 0 saturated carbocycles. The number of nitrogens with zero attached hydrogens (tertiary/aromatic N) is 4. The summed E-state index contributed by atoms with van der Waals surface area (Å²) in [6, 6.07) is 109. The van der Waals surface area contributed by atoms with Gasteiger partial charge in [-0.05, 0) is 111 Å². The molecular weight excluding hydrogens is 969 g/mol. The topological polar surface area (TPSA) is 35.6 Å². The molecule has 0 atom stereocenters. The molecule has 80 heavy (non-hydrogen) atoms. The Morgan fingerprint density at radius 3 is 0.912 bits per heavy atom. The Bertz CT molecular complexity index is 4530. The van der Waals surface area contributed by atoms with Gasteiger partial charge in [0.25, 0.3) is 0 Å². The number of hydrogen-bond donors (Lipinski definition) is 0. The largest absolute Gasteiger partial charge is 0.309 e. The van der Waals surface area contributed by atoms with Gasteiger partial charge in [-0.15, -0.1) is 0 Å². The maximum atomic E-state index is 5.56. The molecule has 0 spiro atoms. The maximum absolute atomic E-state index is 5.56. The van der Waals surface area contributed by atoms with E-state index in [0.29, 0.717) is 5.82 Å². The van der Waals surface area contributed by atoms with Crippen LogP contribution in [-0.2, 0) is 0 Å². The molecule has 0 aliphatic heterocycles. The molecule has 15 rings (SSSR count). The average Bonchev–Trinajstić information content (AvgIpc) is 4.18. The predicted molar refractivity (Wildman–Crippen MR) is 334 cm³/mol. The third-order valence-corrected chi connectivity index (χ3v) is 15.8. The Kier molecular flexibility index (Phi) is 11.5. The van der Waals surface area contributed by atoms with Crippen LogP contribution < -0.4 is 0 Å². The molecule has 0 radical (unpaired) electrons. The molecule has 3 heterocycles. The van der Waals surface area contributed by atoms with Crippen molar-refractivity contribution >= 4 is 43.6 Å². The second kappa shape index (κ2) is 19.7. The summed E-state index contributed by atoms with van der Waals surface area (Å²) in [7, 11) is 0. The van der Waals surface area contributed by atoms with Gasteiger partial charge in [0.1, 0.15) is 0 Å². The molecule has 0 aliphatic carbocycles. The summed E-state index contributed by atoms with van der Waals surface area (Å²) >= 11 is 0. The maximum Gasteiger partial charge on any atom is 0.162 e. The van der Waals surface area contributed by atoms with Gasteiger partial charge >= 0.3 is 0 Å². The Morgan fingerprint density at radius 1 is 0.212 bits per heavy atom. The van der Waals surface area contributed by atoms with Crippen LogP contribution in [0.3, 0.4) is 0 Å². The van der Waals surface area contributed by atoms with Crippen molar-refractivity contribution < 1.29 is 0 Å². The summed E-state index contributed by atoms with van der Waals surface area (Å²) in [6.07, 6.45) is 0. The summed E-state index contributed by atoms with van der Waals surface area (Å²) < 4.78 is 4.96. The van der Waals surface area contributed by atoms with Crippen LogP contribution >= 0.6 is 0 Å². The molecule has 3 aromatic heterocycles. The summed E-state index contributed by atoms with van der Waals surface area (Å²) in [4.78, 5) is 11.1. The van der Waals surface area contributed by atoms with Crippen molar-refractivity contribution in [2.75, 3.05) is 0 Å². The van der Waals surface area contributed by atoms with Crippen LogP contribution in [0, 0.1) is 0 Å². The lowest BCUT2D eigenvalue weighted by atomic mass is 9.96. The second-order valence-electron chi connectivity index (χ2n) is 20.5. The van der Waals surface area contributed by atoms with Crippen LogP contribution in [0.5, 0.6) is 0 Å². The van der Waals surface area contributed by atoms with Crippen molar-refractivity contribution in [2.24, 2.45) is 0 Å². The van der Waals surface area contributed by atoms with Crippen LogP contribution in [0.4, 0.5) is 0 Å². The quantitative estimate of drug-likeness (QED) is 0.137.